The summed E-state index contributed by atoms with van der Waals surface area (Å²) in [4.78, 5) is 52.4. The van der Waals surface area contributed by atoms with Gasteiger partial charge in [-0.3, -0.25) is 14.4 Å². The van der Waals surface area contributed by atoms with Crippen molar-refractivity contribution in [2.45, 2.75) is 133 Å². The molecule has 17 nitrogen and oxygen atoms in total. The van der Waals surface area contributed by atoms with Crippen molar-refractivity contribution < 1.29 is 54.2 Å². The van der Waals surface area contributed by atoms with E-state index in [1.54, 1.807) is 32.2 Å². The number of hydrogen-bond donors (Lipinski definition) is 8. The van der Waals surface area contributed by atoms with Crippen LogP contribution in [0.1, 0.15) is 102 Å². The van der Waals surface area contributed by atoms with Crippen LogP contribution in [0.25, 0.3) is 6.08 Å². The van der Waals surface area contributed by atoms with Gasteiger partial charge in [0.25, 0.3) is 5.91 Å². The molecule has 3 amide bonds. The summed E-state index contributed by atoms with van der Waals surface area (Å²) in [5, 5.41) is 71.9. The number of aliphatic hydroxyl groups excluding tert-OH is 3. The van der Waals surface area contributed by atoms with Crippen LogP contribution in [0, 0.1) is 25.7 Å². The van der Waals surface area contributed by atoms with Crippen LogP contribution in [0.3, 0.4) is 0 Å². The van der Waals surface area contributed by atoms with Crippen molar-refractivity contribution >= 4 is 29.8 Å². The Morgan fingerprint density at radius 2 is 1.77 bits per heavy atom. The molecule has 4 aliphatic rings. The van der Waals surface area contributed by atoms with Gasteiger partial charge >= 0.3 is 5.97 Å². The van der Waals surface area contributed by atoms with E-state index in [-0.39, 0.29) is 54.0 Å². The van der Waals surface area contributed by atoms with E-state index in [9.17, 15) is 44.7 Å². The number of carbonyl (C=O) groups is 4. The van der Waals surface area contributed by atoms with Crippen LogP contribution in [0.5, 0.6) is 5.75 Å². The molecule has 2 aliphatic heterocycles. The number of aliphatic carboxylic acids is 1. The van der Waals surface area contributed by atoms with Crippen LogP contribution in [-0.2, 0) is 36.9 Å². The first-order valence-corrected chi connectivity index (χ1v) is 21.6. The molecule has 62 heavy (non-hydrogen) atoms. The number of carboxylic acids is 1. The number of carboxylic acid groups (broad SMARTS) is 1. The van der Waals surface area contributed by atoms with E-state index in [1.165, 1.54) is 16.8 Å². The highest BCUT2D eigenvalue weighted by atomic mass is 16.6. The van der Waals surface area contributed by atoms with E-state index in [4.69, 9.17) is 9.47 Å². The lowest BCUT2D eigenvalue weighted by Crippen LogP contribution is -2.67. The number of amides is 3. The smallest absolute Gasteiger partial charge is 0.336 e. The molecule has 334 valence electrons. The van der Waals surface area contributed by atoms with E-state index in [1.807, 2.05) is 24.3 Å². The molecule has 2 aliphatic carbocycles. The highest BCUT2D eigenvalue weighted by Gasteiger charge is 2.57. The fourth-order valence-corrected chi connectivity index (χ4v) is 9.26. The lowest BCUT2D eigenvalue weighted by Gasteiger charge is -2.47. The number of phenols is 1. The van der Waals surface area contributed by atoms with Crippen LogP contribution in [0.4, 0.5) is 0 Å². The highest BCUT2D eigenvalue weighted by molar-refractivity contribution is 5.95. The summed E-state index contributed by atoms with van der Waals surface area (Å²) in [5.41, 5.74) is 1.35. The van der Waals surface area contributed by atoms with Gasteiger partial charge in [0.05, 0.1) is 36.0 Å². The van der Waals surface area contributed by atoms with Crippen molar-refractivity contribution in [1.29, 1.82) is 0 Å². The average Bonchev–Trinajstić information content (AvgIpc) is 3.82. The number of aryl methyl sites for hydroxylation is 2. The third-order valence-corrected chi connectivity index (χ3v) is 12.8. The maximum atomic E-state index is 13.5. The van der Waals surface area contributed by atoms with Gasteiger partial charge in [0.2, 0.25) is 11.8 Å². The molecule has 0 bridgehead atoms. The van der Waals surface area contributed by atoms with Gasteiger partial charge in [0.15, 0.2) is 5.60 Å². The minimum atomic E-state index is -2.11. The normalized spacial score (nSPS) is 27.2. The Balaban J connectivity index is 1.04. The molecule has 7 rings (SSSR count). The Bertz CT molecular complexity index is 2100. The number of ether oxygens (including phenoxy) is 2. The molecular formula is C45H58N6O11. The van der Waals surface area contributed by atoms with Gasteiger partial charge in [-0.1, -0.05) is 54.8 Å². The summed E-state index contributed by atoms with van der Waals surface area (Å²) in [7, 11) is 0. The first-order chi connectivity index (χ1) is 29.7. The number of rotatable bonds is 16. The number of aromatic hydroxyl groups is 1. The molecule has 2 aromatic carbocycles. The first-order valence-electron chi connectivity index (χ1n) is 21.6. The fraction of sp³-hybridized carbons (Fsp3) is 0.556. The quantitative estimate of drug-likeness (QED) is 0.103. The molecule has 1 aromatic heterocycles. The molecule has 9 atom stereocenters. The van der Waals surface area contributed by atoms with Gasteiger partial charge in [-0.15, -0.1) is 5.10 Å². The summed E-state index contributed by atoms with van der Waals surface area (Å²) in [6.07, 6.45) is 4.57. The van der Waals surface area contributed by atoms with Crippen molar-refractivity contribution in [2.24, 2.45) is 11.8 Å². The summed E-state index contributed by atoms with van der Waals surface area (Å²) in [6.45, 7) is 3.45. The van der Waals surface area contributed by atoms with Crippen molar-refractivity contribution in [3.05, 3.63) is 82.2 Å². The van der Waals surface area contributed by atoms with E-state index in [2.05, 4.69) is 26.3 Å². The third kappa shape index (κ3) is 10.3. The van der Waals surface area contributed by atoms with Crippen LogP contribution < -0.4 is 16.0 Å². The molecule has 3 aromatic rings. The number of nitrogens with zero attached hydrogens (tertiary/aromatic N) is 3. The molecule has 17 heteroatoms. The molecule has 1 unspecified atom stereocenters. The van der Waals surface area contributed by atoms with E-state index in [0.29, 0.717) is 29.8 Å². The maximum absolute atomic E-state index is 13.5. The monoisotopic (exact) mass is 858 g/mol. The highest BCUT2D eigenvalue weighted by Crippen LogP contribution is 2.48. The minimum Gasteiger partial charge on any atom is -0.507 e. The Morgan fingerprint density at radius 1 is 1.02 bits per heavy atom. The predicted molar refractivity (Wildman–Crippen MR) is 223 cm³/mol. The molecule has 4 fully saturated rings. The van der Waals surface area contributed by atoms with Crippen LogP contribution in [0.15, 0.2) is 48.7 Å². The number of nitrogens with one attached hydrogen (secondary N) is 3. The van der Waals surface area contributed by atoms with Gasteiger partial charge in [-0.05, 0) is 80.0 Å². The lowest BCUT2D eigenvalue weighted by atomic mass is 9.81. The van der Waals surface area contributed by atoms with Gasteiger partial charge in [-0.25, -0.2) is 9.48 Å². The van der Waals surface area contributed by atoms with Crippen molar-refractivity contribution in [1.82, 2.24) is 30.9 Å². The molecule has 0 radical (unpaired) electrons. The zero-order valence-corrected chi connectivity index (χ0v) is 35.1. The maximum Gasteiger partial charge on any atom is 0.336 e. The largest absolute Gasteiger partial charge is 0.507 e. The van der Waals surface area contributed by atoms with Crippen LogP contribution in [-0.4, -0.2) is 120 Å². The standard InChI is InChI=1S/C45H58N6O11/c1-25-17-30(18-26(2)38(25)55)42(57)47-22-34(53)39(56)41-37(48-35(54)24-51-23-32(49-50-51)29-12-4-3-5-13-29)33(52)20-45(62-41,44(59)60)15-7-11-27-9-6-10-28(19-27)21-46-43(58)36-31-14-8-16-61-40(31)36/h6-7,9-11,17-19,23,29,31,33-34,36-37,39-41,52-53,55-56H,3-5,8,12-16,20-22,24H2,1-2H3,(H,46,58)(H,47,57)(H,48,54)(H,59,60)/b11-7+/t31-,33-,34+,36+,37+,39+,40?,41+,45+/m0/s1. The zero-order chi connectivity index (χ0) is 44.1. The molecule has 2 saturated heterocycles. The Labute approximate surface area is 359 Å². The van der Waals surface area contributed by atoms with Gasteiger partial charge < -0.3 is 51.0 Å². The average molecular weight is 859 g/mol. The van der Waals surface area contributed by atoms with Crippen LogP contribution >= 0.6 is 0 Å². The number of fused-ring (bicyclic) bond motifs is 1. The number of aliphatic hydroxyl groups is 3. The van der Waals surface area contributed by atoms with Gasteiger partial charge in [0, 0.05) is 56.1 Å². The van der Waals surface area contributed by atoms with Crippen LogP contribution in [0.2, 0.25) is 0 Å². The number of aromatic nitrogens is 3. The second-order valence-electron chi connectivity index (χ2n) is 17.4. The van der Waals surface area contributed by atoms with Gasteiger partial charge in [0.1, 0.15) is 24.5 Å². The Hall–Kier alpha value is -5.20. The molecule has 8 N–H and O–H groups in total. The zero-order valence-electron chi connectivity index (χ0n) is 35.1. The second-order valence-corrected chi connectivity index (χ2v) is 17.4. The molecular weight excluding hydrogens is 801 g/mol. The van der Waals surface area contributed by atoms with Crippen molar-refractivity contribution in [3.63, 3.8) is 0 Å². The number of hydrogen-bond acceptors (Lipinski definition) is 12. The minimum absolute atomic E-state index is 0.000627. The molecule has 2 saturated carbocycles. The lowest BCUT2D eigenvalue weighted by molar-refractivity contribution is -0.226. The first kappa shape index (κ1) is 44.8. The number of carbonyl (C=O) groups excluding carboxylic acids is 3. The van der Waals surface area contributed by atoms with Crippen molar-refractivity contribution in [2.75, 3.05) is 13.2 Å². The molecule has 0 spiro atoms. The predicted octanol–water partition coefficient (Wildman–Crippen LogP) is 2.40. The van der Waals surface area contributed by atoms with E-state index >= 15 is 0 Å². The van der Waals surface area contributed by atoms with E-state index in [0.717, 1.165) is 56.2 Å². The third-order valence-electron chi connectivity index (χ3n) is 12.8. The summed E-state index contributed by atoms with van der Waals surface area (Å²) >= 11 is 0. The fourth-order valence-electron chi connectivity index (χ4n) is 9.26. The topological polar surface area (TPSA) is 255 Å². The van der Waals surface area contributed by atoms with Gasteiger partial charge in [-0.2, -0.15) is 0 Å². The Morgan fingerprint density at radius 3 is 2.48 bits per heavy atom. The number of benzene rings is 2. The van der Waals surface area contributed by atoms with Crippen molar-refractivity contribution in [3.8, 4) is 5.75 Å². The number of phenolic OH excluding ortho intramolecular Hbond substituents is 1. The second kappa shape index (κ2) is 19.5. The SMILES string of the molecule is Cc1cc(C(=O)NC[C@@H](O)[C@@H](O)[C@@H]2O[C@@](C/C=C/c3cccc(CNC(=O)[C@H]4C5OCCC[C@H]54)c3)(C(=O)O)C[C@H](O)[C@H]2NC(=O)Cn2cc(C3CCCCC3)nn2)cc(C)c1O. The summed E-state index contributed by atoms with van der Waals surface area (Å²) in [5.74, 6) is -2.27. The summed E-state index contributed by atoms with van der Waals surface area (Å²) in [6, 6.07) is 8.90. The summed E-state index contributed by atoms with van der Waals surface area (Å²) < 4.78 is 13.3. The Kier molecular flexibility index (Phi) is 14.1. The molecule has 3 heterocycles. The van der Waals surface area contributed by atoms with E-state index < -0.39 is 66.8 Å².